The molecule has 6 heteroatoms. The molecule has 2 aromatic rings. The van der Waals surface area contributed by atoms with Crippen LogP contribution in [0.1, 0.15) is 56.6 Å². The smallest absolute Gasteiger partial charge is 0.331 e. The second-order valence-corrected chi connectivity index (χ2v) is 8.45. The summed E-state index contributed by atoms with van der Waals surface area (Å²) in [5.41, 5.74) is 14.1. The van der Waals surface area contributed by atoms with E-state index in [-0.39, 0.29) is 18.5 Å². The molecule has 1 aliphatic carbocycles. The molecule has 0 unspecified atom stereocenters. The normalized spacial score (nSPS) is 18.4. The van der Waals surface area contributed by atoms with Crippen molar-refractivity contribution >= 4 is 29.4 Å². The molecule has 32 heavy (non-hydrogen) atoms. The fourth-order valence-electron chi connectivity index (χ4n) is 4.14. The molecule has 0 spiro atoms. The number of nitrogen functional groups attached to an aromatic ring is 2. The first-order chi connectivity index (χ1) is 15.4. The highest BCUT2D eigenvalue weighted by Gasteiger charge is 2.27. The van der Waals surface area contributed by atoms with Crippen molar-refractivity contribution in [1.82, 2.24) is 0 Å². The number of rotatable bonds is 8. The molecule has 6 nitrogen and oxygen atoms in total. The predicted octanol–water partition coefficient (Wildman–Crippen LogP) is 5.12. The molecule has 0 amide bonds. The Labute approximate surface area is 189 Å². The van der Waals surface area contributed by atoms with E-state index >= 15 is 0 Å². The van der Waals surface area contributed by atoms with Crippen LogP contribution in [0.3, 0.4) is 0 Å². The minimum absolute atomic E-state index is 0.00670. The van der Waals surface area contributed by atoms with Crippen molar-refractivity contribution in [3.05, 3.63) is 59.7 Å². The minimum atomic E-state index is -0.472. The summed E-state index contributed by atoms with van der Waals surface area (Å²) in [4.78, 5) is 24.4. The highest BCUT2D eigenvalue weighted by Crippen LogP contribution is 2.32. The molecule has 0 aromatic heterocycles. The lowest BCUT2D eigenvalue weighted by Gasteiger charge is -2.26. The summed E-state index contributed by atoms with van der Waals surface area (Å²) in [5.74, 6) is 0.650. The summed E-state index contributed by atoms with van der Waals surface area (Å²) in [6, 6.07) is 12.1. The van der Waals surface area contributed by atoms with Gasteiger partial charge < -0.3 is 20.9 Å². The monoisotopic (exact) mass is 436 g/mol. The molecule has 170 valence electrons. The fraction of sp³-hybridized carbons (Fsp3) is 0.385. The molecule has 1 saturated carbocycles. The summed E-state index contributed by atoms with van der Waals surface area (Å²) in [5, 5.41) is 0. The summed E-state index contributed by atoms with van der Waals surface area (Å²) < 4.78 is 10.8. The number of hydrogen-bond donors (Lipinski definition) is 2. The van der Waals surface area contributed by atoms with Crippen molar-refractivity contribution in [2.75, 3.05) is 11.5 Å². The standard InChI is InChI=1S/C26H32N2O4/c1-2-3-18-4-9-21(10-5-18)26(30)32-24-11-6-19(7-12-24)8-13-25(29)31-17-20-14-22(27)16-23(28)15-20/h6-8,11-16,18,21H,2-5,9-10,17,27-28H2,1H3. The highest BCUT2D eigenvalue weighted by atomic mass is 16.5. The molecule has 0 saturated heterocycles. The first-order valence-electron chi connectivity index (χ1n) is 11.2. The van der Waals surface area contributed by atoms with Gasteiger partial charge in [-0.1, -0.05) is 31.9 Å². The van der Waals surface area contributed by atoms with E-state index in [1.54, 1.807) is 48.5 Å². The Morgan fingerprint density at radius 1 is 1.00 bits per heavy atom. The number of hydrogen-bond acceptors (Lipinski definition) is 6. The molecule has 0 bridgehead atoms. The van der Waals surface area contributed by atoms with Crippen molar-refractivity contribution in [2.24, 2.45) is 11.8 Å². The quantitative estimate of drug-likeness (QED) is 0.258. The number of esters is 2. The van der Waals surface area contributed by atoms with Gasteiger partial charge in [0.05, 0.1) is 5.92 Å². The van der Waals surface area contributed by atoms with Crippen LogP contribution in [0.5, 0.6) is 5.75 Å². The van der Waals surface area contributed by atoms with Crippen LogP contribution in [0.15, 0.2) is 48.5 Å². The Kier molecular flexibility index (Phi) is 8.31. The van der Waals surface area contributed by atoms with Crippen LogP contribution in [0.4, 0.5) is 11.4 Å². The Bertz CT molecular complexity index is 925. The maximum absolute atomic E-state index is 12.4. The molecule has 0 heterocycles. The Hall–Kier alpha value is -3.28. The van der Waals surface area contributed by atoms with Gasteiger partial charge >= 0.3 is 11.9 Å². The third kappa shape index (κ3) is 7.15. The van der Waals surface area contributed by atoms with Gasteiger partial charge in [-0.2, -0.15) is 0 Å². The molecule has 0 aliphatic heterocycles. The summed E-state index contributed by atoms with van der Waals surface area (Å²) in [6.07, 6.45) is 9.50. The molecule has 2 aromatic carbocycles. The fourth-order valence-corrected chi connectivity index (χ4v) is 4.14. The second kappa shape index (κ2) is 11.4. The molecule has 4 N–H and O–H groups in total. The van der Waals surface area contributed by atoms with Crippen molar-refractivity contribution < 1.29 is 19.1 Å². The van der Waals surface area contributed by atoms with Crippen LogP contribution in [-0.4, -0.2) is 11.9 Å². The van der Waals surface area contributed by atoms with E-state index in [0.29, 0.717) is 17.1 Å². The van der Waals surface area contributed by atoms with Crippen LogP contribution in [0.2, 0.25) is 0 Å². The summed E-state index contributed by atoms with van der Waals surface area (Å²) in [7, 11) is 0. The maximum Gasteiger partial charge on any atom is 0.331 e. The molecule has 1 fully saturated rings. The molecular weight excluding hydrogens is 404 g/mol. The summed E-state index contributed by atoms with van der Waals surface area (Å²) >= 11 is 0. The van der Waals surface area contributed by atoms with E-state index < -0.39 is 5.97 Å². The number of ether oxygens (including phenoxy) is 2. The Morgan fingerprint density at radius 2 is 1.66 bits per heavy atom. The zero-order valence-corrected chi connectivity index (χ0v) is 18.6. The number of carbonyl (C=O) groups is 2. The molecular formula is C26H32N2O4. The molecule has 1 aliphatic rings. The zero-order valence-electron chi connectivity index (χ0n) is 18.6. The van der Waals surface area contributed by atoms with Gasteiger partial charge in [0.25, 0.3) is 0 Å². The number of nitrogens with two attached hydrogens (primary N) is 2. The van der Waals surface area contributed by atoms with Gasteiger partial charge in [0.2, 0.25) is 0 Å². The van der Waals surface area contributed by atoms with Crippen molar-refractivity contribution in [3.63, 3.8) is 0 Å². The van der Waals surface area contributed by atoms with E-state index in [1.165, 1.54) is 18.9 Å². The topological polar surface area (TPSA) is 105 Å². The number of anilines is 2. The summed E-state index contributed by atoms with van der Waals surface area (Å²) in [6.45, 7) is 2.30. The zero-order chi connectivity index (χ0) is 22.9. The third-order valence-electron chi connectivity index (χ3n) is 5.81. The van der Waals surface area contributed by atoms with Gasteiger partial charge in [0, 0.05) is 17.5 Å². The minimum Gasteiger partial charge on any atom is -0.458 e. The van der Waals surface area contributed by atoms with E-state index in [1.807, 2.05) is 0 Å². The lowest BCUT2D eigenvalue weighted by molar-refractivity contribution is -0.140. The average molecular weight is 437 g/mol. The lowest BCUT2D eigenvalue weighted by atomic mass is 9.80. The predicted molar refractivity (Wildman–Crippen MR) is 127 cm³/mol. The van der Waals surface area contributed by atoms with Crippen LogP contribution in [0.25, 0.3) is 6.08 Å². The van der Waals surface area contributed by atoms with Crippen LogP contribution < -0.4 is 16.2 Å². The van der Waals surface area contributed by atoms with Crippen molar-refractivity contribution in [3.8, 4) is 5.75 Å². The first-order valence-corrected chi connectivity index (χ1v) is 11.2. The van der Waals surface area contributed by atoms with Gasteiger partial charge in [-0.25, -0.2) is 4.79 Å². The Balaban J connectivity index is 1.45. The van der Waals surface area contributed by atoms with Crippen molar-refractivity contribution in [1.29, 1.82) is 0 Å². The number of carbonyl (C=O) groups excluding carboxylic acids is 2. The van der Waals surface area contributed by atoms with Crippen molar-refractivity contribution in [2.45, 2.75) is 52.1 Å². The van der Waals surface area contributed by atoms with Crippen LogP contribution in [0, 0.1) is 11.8 Å². The van der Waals surface area contributed by atoms with E-state index in [9.17, 15) is 9.59 Å². The third-order valence-corrected chi connectivity index (χ3v) is 5.81. The largest absolute Gasteiger partial charge is 0.458 e. The second-order valence-electron chi connectivity index (χ2n) is 8.45. The molecule has 0 atom stereocenters. The average Bonchev–Trinajstić information content (AvgIpc) is 2.77. The molecule has 0 radical (unpaired) electrons. The maximum atomic E-state index is 12.4. The van der Waals surface area contributed by atoms with E-state index in [4.69, 9.17) is 20.9 Å². The first kappa shape index (κ1) is 23.4. The number of benzene rings is 2. The van der Waals surface area contributed by atoms with Gasteiger partial charge in [-0.3, -0.25) is 4.79 Å². The van der Waals surface area contributed by atoms with Crippen LogP contribution >= 0.6 is 0 Å². The SMILES string of the molecule is CCCC1CCC(C(=O)Oc2ccc(C=CC(=O)OCc3cc(N)cc(N)c3)cc2)CC1. The van der Waals surface area contributed by atoms with Gasteiger partial charge in [-0.05, 0) is 79.1 Å². The molecule has 3 rings (SSSR count). The van der Waals surface area contributed by atoms with Gasteiger partial charge in [0.1, 0.15) is 12.4 Å². The Morgan fingerprint density at radius 3 is 2.28 bits per heavy atom. The highest BCUT2D eigenvalue weighted by molar-refractivity contribution is 5.87. The van der Waals surface area contributed by atoms with E-state index in [0.717, 1.165) is 42.7 Å². The lowest BCUT2D eigenvalue weighted by Crippen LogP contribution is -2.25. The van der Waals surface area contributed by atoms with Gasteiger partial charge in [0.15, 0.2) is 0 Å². The van der Waals surface area contributed by atoms with Crippen LogP contribution in [-0.2, 0) is 20.9 Å². The van der Waals surface area contributed by atoms with E-state index in [2.05, 4.69) is 6.92 Å². The van der Waals surface area contributed by atoms with Gasteiger partial charge in [-0.15, -0.1) is 0 Å².